The molecule has 0 radical (unpaired) electrons. The zero-order valence-electron chi connectivity index (χ0n) is 36.0. The molecule has 0 bridgehead atoms. The zero-order valence-corrected chi connectivity index (χ0v) is 36.9. The second kappa shape index (κ2) is 38.4. The second-order valence-electron chi connectivity index (χ2n) is 16.8. The third kappa shape index (κ3) is 42.5. The number of likely N-dealkylation sites (N-methyl/N-ethyl adjacent to an activating group) is 1. The highest BCUT2D eigenvalue weighted by atomic mass is 31.2. The Morgan fingerprint density at radius 2 is 0.868 bits per heavy atom. The van der Waals surface area contributed by atoms with Gasteiger partial charge in [-0.1, -0.05) is 200 Å². The lowest BCUT2D eigenvalue weighted by atomic mass is 10.0. The molecule has 1 N–H and O–H groups in total. The number of hydrogen-bond acceptors (Lipinski definition) is 6. The van der Waals surface area contributed by atoms with Crippen molar-refractivity contribution in [1.29, 1.82) is 0 Å². The molecule has 0 rings (SSSR count). The number of carbonyl (C=O) groups is 1. The first-order valence-corrected chi connectivity index (χ1v) is 24.3. The summed E-state index contributed by atoms with van der Waals surface area (Å²) in [5, 5.41) is 0. The third-order valence-electron chi connectivity index (χ3n) is 10.2. The van der Waals surface area contributed by atoms with Crippen LogP contribution in [0.4, 0.5) is 0 Å². The normalized spacial score (nSPS) is 13.7. The highest BCUT2D eigenvalue weighted by molar-refractivity contribution is 7.47. The summed E-state index contributed by atoms with van der Waals surface area (Å²) in [6.45, 7) is 5.68. The van der Waals surface area contributed by atoms with Crippen molar-refractivity contribution in [2.45, 2.75) is 225 Å². The predicted octanol–water partition coefficient (Wildman–Crippen LogP) is 13.3. The van der Waals surface area contributed by atoms with Gasteiger partial charge in [0, 0.05) is 13.0 Å². The average Bonchev–Trinajstić information content (AvgIpc) is 3.11. The van der Waals surface area contributed by atoms with Crippen LogP contribution in [0.1, 0.15) is 219 Å². The lowest BCUT2D eigenvalue weighted by Gasteiger charge is -2.24. The molecule has 0 aliphatic carbocycles. The Morgan fingerprint density at radius 1 is 0.509 bits per heavy atom. The van der Waals surface area contributed by atoms with Crippen LogP contribution < -0.4 is 0 Å². The largest absolute Gasteiger partial charge is 0.472 e. The first-order chi connectivity index (χ1) is 25.6. The molecule has 0 saturated heterocycles. The highest BCUT2D eigenvalue weighted by Gasteiger charge is 2.26. The monoisotopic (exact) mass is 777 g/mol. The topological polar surface area (TPSA) is 91.3 Å². The van der Waals surface area contributed by atoms with E-state index in [1.54, 1.807) is 0 Å². The molecule has 0 spiro atoms. The van der Waals surface area contributed by atoms with Crippen LogP contribution in [0.5, 0.6) is 0 Å². The van der Waals surface area contributed by atoms with E-state index in [2.05, 4.69) is 13.8 Å². The lowest BCUT2D eigenvalue weighted by Crippen LogP contribution is -2.37. The van der Waals surface area contributed by atoms with Crippen molar-refractivity contribution in [3.05, 3.63) is 0 Å². The minimum absolute atomic E-state index is 0.0939. The van der Waals surface area contributed by atoms with E-state index in [0.29, 0.717) is 24.1 Å². The fourth-order valence-corrected chi connectivity index (χ4v) is 7.35. The van der Waals surface area contributed by atoms with Gasteiger partial charge in [0.2, 0.25) is 0 Å². The summed E-state index contributed by atoms with van der Waals surface area (Å²) < 4.78 is 35.0. The van der Waals surface area contributed by atoms with E-state index >= 15 is 0 Å². The van der Waals surface area contributed by atoms with Crippen LogP contribution in [0.3, 0.4) is 0 Å². The van der Waals surface area contributed by atoms with Crippen LogP contribution in [0.15, 0.2) is 0 Å². The van der Waals surface area contributed by atoms with Crippen molar-refractivity contribution in [2.75, 3.05) is 54.1 Å². The molecule has 0 aliphatic rings. The maximum Gasteiger partial charge on any atom is 0.472 e. The van der Waals surface area contributed by atoms with Crippen LogP contribution in [-0.2, 0) is 27.9 Å². The maximum atomic E-state index is 12.7. The SMILES string of the molecule is CCCCCCCCCCCCCCCCCCOC[C@@H](COP(=O)(O)OCC[N+](C)(C)C)OC(=O)CCCCCCCCCCCCCCCCC. The van der Waals surface area contributed by atoms with Gasteiger partial charge in [-0.2, -0.15) is 0 Å². The van der Waals surface area contributed by atoms with Gasteiger partial charge >= 0.3 is 13.8 Å². The van der Waals surface area contributed by atoms with E-state index in [9.17, 15) is 14.3 Å². The minimum atomic E-state index is -4.26. The van der Waals surface area contributed by atoms with Crippen molar-refractivity contribution >= 4 is 13.8 Å². The lowest BCUT2D eigenvalue weighted by molar-refractivity contribution is -0.870. The van der Waals surface area contributed by atoms with E-state index in [-0.39, 0.29) is 25.8 Å². The standard InChI is InChI=1S/C44H90NO7P/c1-6-8-10-12-14-16-18-20-22-24-26-28-30-32-34-36-39-49-41-43(42-51-53(47,48)50-40-38-45(3,4)5)52-44(46)37-35-33-31-29-27-25-23-21-19-17-15-13-11-9-7-2/h43H,6-42H2,1-5H3/p+1/t43-/m0/s1. The summed E-state index contributed by atoms with van der Waals surface area (Å²) in [6.07, 6.45) is 39.8. The Hall–Kier alpha value is -0.500. The van der Waals surface area contributed by atoms with Gasteiger partial charge in [0.1, 0.15) is 19.3 Å². The minimum Gasteiger partial charge on any atom is -0.457 e. The number of quaternary nitrogens is 1. The number of ether oxygens (including phenoxy) is 2. The van der Waals surface area contributed by atoms with Crippen molar-refractivity contribution in [3.8, 4) is 0 Å². The molecule has 1 unspecified atom stereocenters. The molecule has 9 heteroatoms. The smallest absolute Gasteiger partial charge is 0.457 e. The number of hydrogen-bond donors (Lipinski definition) is 1. The number of unbranched alkanes of at least 4 members (excludes halogenated alkanes) is 29. The summed E-state index contributed by atoms with van der Waals surface area (Å²) >= 11 is 0. The number of rotatable bonds is 43. The molecular weight excluding hydrogens is 685 g/mol. The summed E-state index contributed by atoms with van der Waals surface area (Å²) in [7, 11) is 1.69. The summed E-state index contributed by atoms with van der Waals surface area (Å²) in [6, 6.07) is 0. The Balaban J connectivity index is 4.17. The van der Waals surface area contributed by atoms with Crippen LogP contribution in [0.2, 0.25) is 0 Å². The molecule has 0 saturated carbocycles. The van der Waals surface area contributed by atoms with E-state index < -0.39 is 13.9 Å². The van der Waals surface area contributed by atoms with Crippen molar-refractivity contribution < 1.29 is 37.3 Å². The second-order valence-corrected chi connectivity index (χ2v) is 18.3. The molecule has 0 aromatic heterocycles. The molecule has 0 aliphatic heterocycles. The van der Waals surface area contributed by atoms with Gasteiger partial charge < -0.3 is 18.9 Å². The molecule has 318 valence electrons. The van der Waals surface area contributed by atoms with Gasteiger partial charge in [0.05, 0.1) is 34.4 Å². The molecule has 53 heavy (non-hydrogen) atoms. The fraction of sp³-hybridized carbons (Fsp3) is 0.977. The number of phosphoric acid groups is 1. The summed E-state index contributed by atoms with van der Waals surface area (Å²) in [4.78, 5) is 22.9. The van der Waals surface area contributed by atoms with Crippen LogP contribution in [0.25, 0.3) is 0 Å². The number of phosphoric ester groups is 1. The van der Waals surface area contributed by atoms with Crippen molar-refractivity contribution in [3.63, 3.8) is 0 Å². The van der Waals surface area contributed by atoms with Crippen molar-refractivity contribution in [1.82, 2.24) is 0 Å². The first-order valence-electron chi connectivity index (χ1n) is 22.8. The molecule has 0 fully saturated rings. The van der Waals surface area contributed by atoms with Gasteiger partial charge in [0.25, 0.3) is 0 Å². The number of carbonyl (C=O) groups excluding carboxylic acids is 1. The molecular formula is C44H91NO7P+. The van der Waals surface area contributed by atoms with Crippen LogP contribution >= 0.6 is 7.82 Å². The van der Waals surface area contributed by atoms with Gasteiger partial charge in [-0.25, -0.2) is 4.57 Å². The molecule has 0 aromatic rings. The molecule has 0 heterocycles. The van der Waals surface area contributed by atoms with Gasteiger partial charge in [-0.3, -0.25) is 13.8 Å². The Bertz CT molecular complexity index is 822. The Morgan fingerprint density at radius 3 is 1.25 bits per heavy atom. The predicted molar refractivity (Wildman–Crippen MR) is 224 cm³/mol. The van der Waals surface area contributed by atoms with Gasteiger partial charge in [0.15, 0.2) is 0 Å². The third-order valence-corrected chi connectivity index (χ3v) is 11.2. The quantitative estimate of drug-likeness (QED) is 0.0285. The van der Waals surface area contributed by atoms with E-state index in [1.807, 2.05) is 21.1 Å². The molecule has 0 amide bonds. The Labute approximate surface area is 329 Å². The average molecular weight is 777 g/mol. The van der Waals surface area contributed by atoms with Crippen LogP contribution in [-0.4, -0.2) is 75.6 Å². The molecule has 0 aromatic carbocycles. The zero-order chi connectivity index (χ0) is 39.1. The highest BCUT2D eigenvalue weighted by Crippen LogP contribution is 2.43. The van der Waals surface area contributed by atoms with Crippen molar-refractivity contribution in [2.24, 2.45) is 0 Å². The van der Waals surface area contributed by atoms with Gasteiger partial charge in [-0.15, -0.1) is 0 Å². The Kier molecular flexibility index (Phi) is 38.0. The summed E-state index contributed by atoms with van der Waals surface area (Å²) in [5.41, 5.74) is 0. The summed E-state index contributed by atoms with van der Waals surface area (Å²) in [5.74, 6) is -0.307. The van der Waals surface area contributed by atoms with Crippen LogP contribution in [0, 0.1) is 0 Å². The van der Waals surface area contributed by atoms with Gasteiger partial charge in [-0.05, 0) is 12.8 Å². The first kappa shape index (κ1) is 52.5. The van der Waals surface area contributed by atoms with E-state index in [0.717, 1.165) is 32.1 Å². The molecule has 8 nitrogen and oxygen atoms in total. The number of esters is 1. The fourth-order valence-electron chi connectivity index (χ4n) is 6.61. The van der Waals surface area contributed by atoms with E-state index in [4.69, 9.17) is 18.5 Å². The van der Waals surface area contributed by atoms with E-state index in [1.165, 1.54) is 167 Å². The maximum absolute atomic E-state index is 12.7. The molecule has 2 atom stereocenters. The number of nitrogens with zero attached hydrogens (tertiary/aromatic N) is 1.